The number of hydrogen-bond donors (Lipinski definition) is 1. The molecule has 0 heterocycles. The Bertz CT molecular complexity index is 638. The summed E-state index contributed by atoms with van der Waals surface area (Å²) in [6.45, 7) is 11.5. The summed E-state index contributed by atoms with van der Waals surface area (Å²) in [6.07, 6.45) is 4.77. The molecule has 2 heteroatoms. The summed E-state index contributed by atoms with van der Waals surface area (Å²) >= 11 is 0. The summed E-state index contributed by atoms with van der Waals surface area (Å²) < 4.78 is 0. The van der Waals surface area contributed by atoms with E-state index in [2.05, 4.69) is 98.7 Å². The van der Waals surface area contributed by atoms with E-state index in [1.807, 2.05) is 0 Å². The molecule has 0 amide bonds. The predicted molar refractivity (Wildman–Crippen MR) is 123 cm³/mol. The fourth-order valence-electron chi connectivity index (χ4n) is 4.16. The number of nitrogens with one attached hydrogen (secondary N) is 1. The molecule has 1 N–H and O–H groups in total. The van der Waals surface area contributed by atoms with Crippen LogP contribution in [0, 0.1) is 5.92 Å². The molecule has 0 saturated carbocycles. The van der Waals surface area contributed by atoms with Crippen molar-refractivity contribution in [3.63, 3.8) is 0 Å². The normalized spacial score (nSPS) is 13.8. The van der Waals surface area contributed by atoms with Gasteiger partial charge < -0.3 is 10.2 Å². The molecule has 1 unspecified atom stereocenters. The molecule has 2 rings (SSSR count). The fourth-order valence-corrected chi connectivity index (χ4v) is 4.16. The summed E-state index contributed by atoms with van der Waals surface area (Å²) in [7, 11) is 2.26. The van der Waals surface area contributed by atoms with Crippen LogP contribution in [0.5, 0.6) is 0 Å². The molecule has 0 bridgehead atoms. The van der Waals surface area contributed by atoms with Crippen LogP contribution in [0.3, 0.4) is 0 Å². The first-order valence-electron chi connectivity index (χ1n) is 11.1. The van der Waals surface area contributed by atoms with E-state index < -0.39 is 0 Å². The first-order valence-corrected chi connectivity index (χ1v) is 11.1. The molecule has 0 radical (unpaired) electrons. The van der Waals surface area contributed by atoms with Gasteiger partial charge in [-0.25, -0.2) is 0 Å². The van der Waals surface area contributed by atoms with Crippen LogP contribution in [-0.2, 0) is 11.8 Å². The molecular formula is C26H40N2. The van der Waals surface area contributed by atoms with Crippen LogP contribution in [0.2, 0.25) is 0 Å². The number of likely N-dealkylation sites (N-methyl/N-ethyl adjacent to an activating group) is 1. The molecule has 0 aliphatic rings. The van der Waals surface area contributed by atoms with Gasteiger partial charge in [0.1, 0.15) is 0 Å². The maximum absolute atomic E-state index is 3.73. The van der Waals surface area contributed by atoms with E-state index in [0.29, 0.717) is 5.92 Å². The molecule has 0 fully saturated rings. The molecule has 1 atom stereocenters. The summed E-state index contributed by atoms with van der Waals surface area (Å²) in [4.78, 5) is 2.49. The SMILES string of the molecule is CCCNCC(CCCN(C)CCc1ccccc1)(c1ccccc1)C(C)C. The van der Waals surface area contributed by atoms with Crippen LogP contribution in [-0.4, -0.2) is 38.1 Å². The monoisotopic (exact) mass is 380 g/mol. The second kappa shape index (κ2) is 12.0. The van der Waals surface area contributed by atoms with Crippen LogP contribution in [0.15, 0.2) is 60.7 Å². The Balaban J connectivity index is 1.95. The molecule has 28 heavy (non-hydrogen) atoms. The minimum Gasteiger partial charge on any atom is -0.316 e. The lowest BCUT2D eigenvalue weighted by Gasteiger charge is -2.39. The zero-order valence-corrected chi connectivity index (χ0v) is 18.5. The van der Waals surface area contributed by atoms with E-state index in [4.69, 9.17) is 0 Å². The van der Waals surface area contributed by atoms with Gasteiger partial charge >= 0.3 is 0 Å². The van der Waals surface area contributed by atoms with E-state index in [0.717, 1.165) is 32.6 Å². The Morgan fingerprint density at radius 1 is 0.929 bits per heavy atom. The van der Waals surface area contributed by atoms with Crippen molar-refractivity contribution in [2.24, 2.45) is 5.92 Å². The van der Waals surface area contributed by atoms with Gasteiger partial charge in [0.25, 0.3) is 0 Å². The van der Waals surface area contributed by atoms with Crippen molar-refractivity contribution in [1.29, 1.82) is 0 Å². The highest BCUT2D eigenvalue weighted by atomic mass is 15.1. The molecular weight excluding hydrogens is 340 g/mol. The second-order valence-electron chi connectivity index (χ2n) is 8.50. The summed E-state index contributed by atoms with van der Waals surface area (Å²) in [5.74, 6) is 0.605. The van der Waals surface area contributed by atoms with Gasteiger partial charge in [-0.2, -0.15) is 0 Å². The van der Waals surface area contributed by atoms with E-state index in [1.165, 1.54) is 30.4 Å². The lowest BCUT2D eigenvalue weighted by atomic mass is 9.68. The number of benzene rings is 2. The third kappa shape index (κ3) is 6.76. The molecule has 2 aromatic carbocycles. The van der Waals surface area contributed by atoms with E-state index in [-0.39, 0.29) is 5.41 Å². The van der Waals surface area contributed by atoms with Gasteiger partial charge in [-0.1, -0.05) is 81.4 Å². The van der Waals surface area contributed by atoms with Gasteiger partial charge in [0.2, 0.25) is 0 Å². The lowest BCUT2D eigenvalue weighted by molar-refractivity contribution is 0.242. The van der Waals surface area contributed by atoms with Gasteiger partial charge in [0.15, 0.2) is 0 Å². The first kappa shape index (κ1) is 22.6. The fraction of sp³-hybridized carbons (Fsp3) is 0.538. The van der Waals surface area contributed by atoms with Crippen molar-refractivity contribution in [2.75, 3.05) is 33.2 Å². The molecule has 2 nitrogen and oxygen atoms in total. The summed E-state index contributed by atoms with van der Waals surface area (Å²) in [5, 5.41) is 3.73. The minimum absolute atomic E-state index is 0.205. The van der Waals surface area contributed by atoms with Crippen molar-refractivity contribution in [3.05, 3.63) is 71.8 Å². The molecule has 154 valence electrons. The highest BCUT2D eigenvalue weighted by Gasteiger charge is 2.34. The lowest BCUT2D eigenvalue weighted by Crippen LogP contribution is -2.43. The van der Waals surface area contributed by atoms with Gasteiger partial charge in [-0.05, 0) is 62.9 Å². The quantitative estimate of drug-likeness (QED) is 0.459. The maximum atomic E-state index is 3.73. The van der Waals surface area contributed by atoms with Crippen LogP contribution in [0.1, 0.15) is 51.2 Å². The molecule has 0 aliphatic heterocycles. The number of hydrogen-bond acceptors (Lipinski definition) is 2. The molecule has 0 saturated heterocycles. The number of rotatable bonds is 13. The first-order chi connectivity index (χ1) is 13.6. The van der Waals surface area contributed by atoms with Crippen LogP contribution < -0.4 is 5.32 Å². The highest BCUT2D eigenvalue weighted by molar-refractivity contribution is 5.27. The Kier molecular flexibility index (Phi) is 9.73. The zero-order chi connectivity index (χ0) is 20.2. The van der Waals surface area contributed by atoms with Crippen molar-refractivity contribution in [2.45, 2.75) is 51.9 Å². The molecule has 0 aliphatic carbocycles. The molecule has 0 spiro atoms. The van der Waals surface area contributed by atoms with Crippen LogP contribution in [0.25, 0.3) is 0 Å². The van der Waals surface area contributed by atoms with Crippen molar-refractivity contribution < 1.29 is 0 Å². The van der Waals surface area contributed by atoms with Crippen LogP contribution in [0.4, 0.5) is 0 Å². The zero-order valence-electron chi connectivity index (χ0n) is 18.5. The third-order valence-electron chi connectivity index (χ3n) is 6.11. The van der Waals surface area contributed by atoms with Crippen molar-refractivity contribution in [1.82, 2.24) is 10.2 Å². The van der Waals surface area contributed by atoms with Crippen molar-refractivity contribution >= 4 is 0 Å². The Hall–Kier alpha value is -1.64. The predicted octanol–water partition coefficient (Wildman–Crippen LogP) is 5.53. The van der Waals surface area contributed by atoms with Crippen LogP contribution >= 0.6 is 0 Å². The smallest absolute Gasteiger partial charge is 0.0101 e. The minimum atomic E-state index is 0.205. The van der Waals surface area contributed by atoms with Gasteiger partial charge in [0.05, 0.1) is 0 Å². The standard InChI is InChI=1S/C26H40N2/c1-5-19-27-22-26(23(2)3,25-15-10-7-11-16-25)18-12-20-28(4)21-17-24-13-8-6-9-14-24/h6-11,13-16,23,27H,5,12,17-22H2,1-4H3. The maximum Gasteiger partial charge on any atom is 0.0101 e. The van der Waals surface area contributed by atoms with Gasteiger partial charge in [0, 0.05) is 18.5 Å². The molecule has 0 aromatic heterocycles. The van der Waals surface area contributed by atoms with Gasteiger partial charge in [-0.15, -0.1) is 0 Å². The largest absolute Gasteiger partial charge is 0.316 e. The van der Waals surface area contributed by atoms with E-state index in [9.17, 15) is 0 Å². The average molecular weight is 381 g/mol. The highest BCUT2D eigenvalue weighted by Crippen LogP contribution is 2.36. The third-order valence-corrected chi connectivity index (χ3v) is 6.11. The Morgan fingerprint density at radius 2 is 1.57 bits per heavy atom. The van der Waals surface area contributed by atoms with Gasteiger partial charge in [-0.3, -0.25) is 0 Å². The second-order valence-corrected chi connectivity index (χ2v) is 8.50. The average Bonchev–Trinajstić information content (AvgIpc) is 2.72. The van der Waals surface area contributed by atoms with E-state index >= 15 is 0 Å². The Labute approximate surface area is 173 Å². The van der Waals surface area contributed by atoms with E-state index in [1.54, 1.807) is 0 Å². The topological polar surface area (TPSA) is 15.3 Å². The number of nitrogens with zero attached hydrogens (tertiary/aromatic N) is 1. The van der Waals surface area contributed by atoms with Crippen molar-refractivity contribution in [3.8, 4) is 0 Å². The summed E-state index contributed by atoms with van der Waals surface area (Å²) in [6, 6.07) is 22.0. The Morgan fingerprint density at radius 3 is 2.18 bits per heavy atom. The molecule has 2 aromatic rings. The summed E-state index contributed by atoms with van der Waals surface area (Å²) in [5.41, 5.74) is 3.12.